The maximum atomic E-state index is 12.7. The minimum absolute atomic E-state index is 0.00343. The molecule has 2 aromatic rings. The molecule has 0 atom stereocenters. The van der Waals surface area contributed by atoms with Gasteiger partial charge in [0.25, 0.3) is 0 Å². The number of rotatable bonds is 8. The number of anilines is 2. The van der Waals surface area contributed by atoms with Crippen molar-refractivity contribution >= 4 is 23.4 Å². The summed E-state index contributed by atoms with van der Waals surface area (Å²) in [4.78, 5) is 35.7. The Labute approximate surface area is 207 Å². The third-order valence-corrected chi connectivity index (χ3v) is 6.29. The molecular weight excluding hydrogens is 446 g/mol. The zero-order valence-electron chi connectivity index (χ0n) is 20.4. The van der Waals surface area contributed by atoms with Crippen LogP contribution in [0.15, 0.2) is 42.6 Å². The molecule has 0 bridgehead atoms. The van der Waals surface area contributed by atoms with Crippen LogP contribution in [0.4, 0.5) is 11.5 Å². The Balaban J connectivity index is 1.22. The Hall–Kier alpha value is -3.01. The summed E-state index contributed by atoms with van der Waals surface area (Å²) in [6.07, 6.45) is 2.50. The van der Waals surface area contributed by atoms with Crippen molar-refractivity contribution in [1.82, 2.24) is 14.8 Å². The molecule has 3 heterocycles. The predicted octanol–water partition coefficient (Wildman–Crippen LogP) is 2.24. The van der Waals surface area contributed by atoms with E-state index in [1.807, 2.05) is 18.2 Å². The average molecular weight is 482 g/mol. The summed E-state index contributed by atoms with van der Waals surface area (Å²) in [5.41, 5.74) is 2.52. The highest BCUT2D eigenvalue weighted by Crippen LogP contribution is 2.16. The molecule has 0 aliphatic carbocycles. The van der Waals surface area contributed by atoms with Crippen LogP contribution in [0.1, 0.15) is 29.3 Å². The number of ether oxygens (including phenoxy) is 2. The molecule has 0 spiro atoms. The van der Waals surface area contributed by atoms with Crippen molar-refractivity contribution in [3.8, 4) is 0 Å². The first kappa shape index (κ1) is 25.1. The van der Waals surface area contributed by atoms with Crippen molar-refractivity contribution in [2.45, 2.75) is 19.9 Å². The van der Waals surface area contributed by atoms with Crippen LogP contribution >= 0.6 is 0 Å². The van der Waals surface area contributed by atoms with Gasteiger partial charge in [-0.15, -0.1) is 0 Å². The van der Waals surface area contributed by atoms with Crippen LogP contribution < -0.4 is 10.2 Å². The van der Waals surface area contributed by atoms with Crippen LogP contribution in [0.2, 0.25) is 0 Å². The van der Waals surface area contributed by atoms with Gasteiger partial charge in [0.1, 0.15) is 5.82 Å². The number of amides is 1. The number of nitrogens with zero attached hydrogens (tertiary/aromatic N) is 4. The highest BCUT2D eigenvalue weighted by molar-refractivity contribution is 5.92. The van der Waals surface area contributed by atoms with Crippen LogP contribution in [0.25, 0.3) is 0 Å². The number of hydrogen-bond acceptors (Lipinski definition) is 8. The number of benzene rings is 1. The Morgan fingerprint density at radius 1 is 0.971 bits per heavy atom. The van der Waals surface area contributed by atoms with Gasteiger partial charge in [-0.1, -0.05) is 12.1 Å². The molecule has 2 saturated heterocycles. The number of morpholine rings is 1. The Morgan fingerprint density at radius 3 is 2.49 bits per heavy atom. The predicted molar refractivity (Wildman–Crippen MR) is 135 cm³/mol. The van der Waals surface area contributed by atoms with Gasteiger partial charge >= 0.3 is 5.97 Å². The highest BCUT2D eigenvalue weighted by atomic mass is 16.5. The third-order valence-electron chi connectivity index (χ3n) is 6.29. The lowest BCUT2D eigenvalue weighted by Crippen LogP contribution is -2.36. The van der Waals surface area contributed by atoms with Crippen LogP contribution in [0, 0.1) is 0 Å². The van der Waals surface area contributed by atoms with Crippen molar-refractivity contribution in [3.05, 3.63) is 53.7 Å². The van der Waals surface area contributed by atoms with E-state index < -0.39 is 0 Å². The zero-order chi connectivity index (χ0) is 24.5. The summed E-state index contributed by atoms with van der Waals surface area (Å²) >= 11 is 0. The van der Waals surface area contributed by atoms with Crippen molar-refractivity contribution < 1.29 is 19.1 Å². The van der Waals surface area contributed by atoms with Gasteiger partial charge in [0, 0.05) is 57.7 Å². The molecule has 1 aromatic carbocycles. The smallest absolute Gasteiger partial charge is 0.339 e. The quantitative estimate of drug-likeness (QED) is 0.575. The topological polar surface area (TPSA) is 87.2 Å². The lowest BCUT2D eigenvalue weighted by molar-refractivity contribution is -0.117. The number of nitrogens with one attached hydrogen (secondary N) is 1. The largest absolute Gasteiger partial charge is 0.462 e. The van der Waals surface area contributed by atoms with E-state index in [1.165, 1.54) is 5.56 Å². The third kappa shape index (κ3) is 7.48. The first-order valence-electron chi connectivity index (χ1n) is 12.4. The number of aromatic nitrogens is 1. The highest BCUT2D eigenvalue weighted by Gasteiger charge is 2.19. The number of hydrogen-bond donors (Lipinski definition) is 1. The molecule has 0 saturated carbocycles. The second kappa shape index (κ2) is 12.6. The van der Waals surface area contributed by atoms with E-state index in [9.17, 15) is 9.59 Å². The van der Waals surface area contributed by atoms with Crippen molar-refractivity contribution in [2.24, 2.45) is 0 Å². The van der Waals surface area contributed by atoms with Crippen LogP contribution in [-0.4, -0.2) is 92.3 Å². The van der Waals surface area contributed by atoms with Crippen molar-refractivity contribution in [3.63, 3.8) is 0 Å². The van der Waals surface area contributed by atoms with E-state index in [1.54, 1.807) is 19.2 Å². The average Bonchev–Trinajstić information content (AvgIpc) is 3.11. The second-order valence-electron chi connectivity index (χ2n) is 8.88. The summed E-state index contributed by atoms with van der Waals surface area (Å²) in [5, 5.41) is 3.03. The monoisotopic (exact) mass is 481 g/mol. The van der Waals surface area contributed by atoms with Crippen LogP contribution in [0.5, 0.6) is 0 Å². The van der Waals surface area contributed by atoms with Crippen molar-refractivity contribution in [1.29, 1.82) is 0 Å². The lowest BCUT2D eigenvalue weighted by atomic mass is 10.2. The second-order valence-corrected chi connectivity index (χ2v) is 8.88. The van der Waals surface area contributed by atoms with Gasteiger partial charge in [-0.3, -0.25) is 14.6 Å². The Morgan fingerprint density at radius 2 is 1.77 bits per heavy atom. The van der Waals surface area contributed by atoms with Gasteiger partial charge in [0.15, 0.2) is 0 Å². The first-order valence-corrected chi connectivity index (χ1v) is 12.4. The molecular formula is C26H35N5O4. The molecule has 2 aliphatic heterocycles. The lowest BCUT2D eigenvalue weighted by Gasteiger charge is -2.26. The van der Waals surface area contributed by atoms with Crippen LogP contribution in [-0.2, 0) is 20.8 Å². The summed E-state index contributed by atoms with van der Waals surface area (Å²) in [5.74, 6) is 0.476. The zero-order valence-corrected chi connectivity index (χ0v) is 20.4. The van der Waals surface area contributed by atoms with E-state index in [2.05, 4.69) is 37.1 Å². The molecule has 0 unspecified atom stereocenters. The van der Waals surface area contributed by atoms with E-state index in [0.717, 1.165) is 77.0 Å². The molecule has 35 heavy (non-hydrogen) atoms. The van der Waals surface area contributed by atoms with Gasteiger partial charge in [-0.05, 0) is 43.2 Å². The normalized spacial score (nSPS) is 17.6. The molecule has 9 nitrogen and oxygen atoms in total. The van der Waals surface area contributed by atoms with Gasteiger partial charge in [0.05, 0.1) is 31.9 Å². The van der Waals surface area contributed by atoms with Gasteiger partial charge < -0.3 is 19.7 Å². The molecule has 1 aromatic heterocycles. The van der Waals surface area contributed by atoms with E-state index in [-0.39, 0.29) is 11.9 Å². The molecule has 1 amide bonds. The van der Waals surface area contributed by atoms with Gasteiger partial charge in [-0.2, -0.15) is 0 Å². The molecule has 9 heteroatoms. The molecule has 2 aliphatic rings. The van der Waals surface area contributed by atoms with E-state index >= 15 is 0 Å². The summed E-state index contributed by atoms with van der Waals surface area (Å²) in [7, 11) is 0. The number of carbonyl (C=O) groups is 2. The molecule has 1 N–H and O–H groups in total. The van der Waals surface area contributed by atoms with E-state index in [4.69, 9.17) is 9.47 Å². The number of carbonyl (C=O) groups excluding carboxylic acids is 2. The van der Waals surface area contributed by atoms with Crippen LogP contribution in [0.3, 0.4) is 0 Å². The summed E-state index contributed by atoms with van der Waals surface area (Å²) in [6.45, 7) is 10.1. The number of esters is 1. The first-order chi connectivity index (χ1) is 17.1. The standard InChI is InChI=1S/C26H35N5O4/c1-2-35-26(33)22-6-9-24(27-18-22)31-11-3-10-29(12-13-31)20-25(32)28-23-7-4-21(5-8-23)19-30-14-16-34-17-15-30/h4-9,18H,2-3,10-17,19-20H2,1H3,(H,28,32). The maximum Gasteiger partial charge on any atom is 0.339 e. The molecule has 188 valence electrons. The fraction of sp³-hybridized carbons (Fsp3) is 0.500. The minimum Gasteiger partial charge on any atom is -0.462 e. The van der Waals surface area contributed by atoms with E-state index in [0.29, 0.717) is 18.7 Å². The number of pyridine rings is 1. The van der Waals surface area contributed by atoms with Gasteiger partial charge in [-0.25, -0.2) is 9.78 Å². The minimum atomic E-state index is -0.355. The SMILES string of the molecule is CCOC(=O)c1ccc(N2CCCN(CC(=O)Nc3ccc(CN4CCOCC4)cc3)CC2)nc1. The summed E-state index contributed by atoms with van der Waals surface area (Å²) < 4.78 is 10.4. The summed E-state index contributed by atoms with van der Waals surface area (Å²) in [6, 6.07) is 11.7. The van der Waals surface area contributed by atoms with Crippen molar-refractivity contribution in [2.75, 3.05) is 75.9 Å². The molecule has 2 fully saturated rings. The van der Waals surface area contributed by atoms with Gasteiger partial charge in [0.2, 0.25) is 5.91 Å². The Bertz CT molecular complexity index is 961. The fourth-order valence-electron chi connectivity index (χ4n) is 4.38. The fourth-order valence-corrected chi connectivity index (χ4v) is 4.38. The molecule has 0 radical (unpaired) electrons. The Kier molecular flexibility index (Phi) is 9.05. The maximum absolute atomic E-state index is 12.7. The molecule has 4 rings (SSSR count).